The van der Waals surface area contributed by atoms with Crippen molar-refractivity contribution in [3.8, 4) is 0 Å². The second-order valence-corrected chi connectivity index (χ2v) is 5.10. The molecule has 19 heavy (non-hydrogen) atoms. The molecule has 0 saturated heterocycles. The SMILES string of the molecule is CCn1nccc1C(=O)C1CCc2ccccc2C1. The maximum atomic E-state index is 12.6. The monoisotopic (exact) mass is 254 g/mol. The Morgan fingerprint density at radius 1 is 1.32 bits per heavy atom. The molecular weight excluding hydrogens is 236 g/mol. The Morgan fingerprint density at radius 2 is 2.11 bits per heavy atom. The molecule has 1 atom stereocenters. The minimum absolute atomic E-state index is 0.108. The Morgan fingerprint density at radius 3 is 2.89 bits per heavy atom. The smallest absolute Gasteiger partial charge is 0.184 e. The van der Waals surface area contributed by atoms with E-state index >= 15 is 0 Å². The van der Waals surface area contributed by atoms with Gasteiger partial charge in [0.05, 0.1) is 0 Å². The predicted molar refractivity (Wildman–Crippen MR) is 74.2 cm³/mol. The van der Waals surface area contributed by atoms with Crippen LogP contribution in [0.15, 0.2) is 36.5 Å². The highest BCUT2D eigenvalue weighted by Crippen LogP contribution is 2.27. The first-order valence-corrected chi connectivity index (χ1v) is 6.92. The topological polar surface area (TPSA) is 34.9 Å². The van der Waals surface area contributed by atoms with Crippen LogP contribution in [0.1, 0.15) is 35.0 Å². The van der Waals surface area contributed by atoms with Crippen molar-refractivity contribution in [2.45, 2.75) is 32.7 Å². The number of fused-ring (bicyclic) bond motifs is 1. The summed E-state index contributed by atoms with van der Waals surface area (Å²) >= 11 is 0. The Kier molecular flexibility index (Phi) is 3.20. The molecule has 1 aliphatic rings. The number of carbonyl (C=O) groups is 1. The Bertz CT molecular complexity index is 600. The third-order valence-electron chi connectivity index (χ3n) is 3.99. The minimum Gasteiger partial charge on any atom is -0.292 e. The van der Waals surface area contributed by atoms with Crippen LogP contribution < -0.4 is 0 Å². The van der Waals surface area contributed by atoms with Crippen LogP contribution in [0.25, 0.3) is 0 Å². The van der Waals surface area contributed by atoms with Gasteiger partial charge in [-0.2, -0.15) is 5.10 Å². The van der Waals surface area contributed by atoms with Gasteiger partial charge in [-0.25, -0.2) is 0 Å². The molecule has 3 nitrogen and oxygen atoms in total. The molecular formula is C16H18N2O. The Balaban J connectivity index is 1.83. The van der Waals surface area contributed by atoms with Gasteiger partial charge in [0.25, 0.3) is 0 Å². The molecule has 0 saturated carbocycles. The molecule has 3 rings (SSSR count). The van der Waals surface area contributed by atoms with Gasteiger partial charge in [-0.1, -0.05) is 24.3 Å². The van der Waals surface area contributed by atoms with Crippen molar-refractivity contribution >= 4 is 5.78 Å². The van der Waals surface area contributed by atoms with Gasteiger partial charge in [-0.05, 0) is 43.4 Å². The average molecular weight is 254 g/mol. The molecule has 3 heteroatoms. The van der Waals surface area contributed by atoms with E-state index < -0.39 is 0 Å². The lowest BCUT2D eigenvalue weighted by atomic mass is 9.81. The van der Waals surface area contributed by atoms with E-state index in [-0.39, 0.29) is 11.7 Å². The van der Waals surface area contributed by atoms with Crippen LogP contribution in [-0.2, 0) is 19.4 Å². The van der Waals surface area contributed by atoms with Gasteiger partial charge in [0.15, 0.2) is 5.78 Å². The fourth-order valence-corrected chi connectivity index (χ4v) is 2.92. The zero-order valence-corrected chi connectivity index (χ0v) is 11.2. The van der Waals surface area contributed by atoms with Gasteiger partial charge in [0.1, 0.15) is 5.69 Å². The Labute approximate surface area is 113 Å². The van der Waals surface area contributed by atoms with Crippen LogP contribution >= 0.6 is 0 Å². The van der Waals surface area contributed by atoms with E-state index in [0.717, 1.165) is 31.5 Å². The number of ketones is 1. The van der Waals surface area contributed by atoms with Crippen molar-refractivity contribution < 1.29 is 4.79 Å². The van der Waals surface area contributed by atoms with E-state index in [1.165, 1.54) is 11.1 Å². The fourth-order valence-electron chi connectivity index (χ4n) is 2.92. The number of carbonyl (C=O) groups excluding carboxylic acids is 1. The first-order valence-electron chi connectivity index (χ1n) is 6.92. The van der Waals surface area contributed by atoms with E-state index in [0.29, 0.717) is 0 Å². The van der Waals surface area contributed by atoms with Gasteiger partial charge in [0, 0.05) is 18.7 Å². The van der Waals surface area contributed by atoms with E-state index in [4.69, 9.17) is 0 Å². The summed E-state index contributed by atoms with van der Waals surface area (Å²) in [4.78, 5) is 12.6. The van der Waals surface area contributed by atoms with E-state index in [9.17, 15) is 4.79 Å². The zero-order valence-electron chi connectivity index (χ0n) is 11.2. The molecule has 0 N–H and O–H groups in total. The van der Waals surface area contributed by atoms with Crippen molar-refractivity contribution in [2.75, 3.05) is 0 Å². The maximum Gasteiger partial charge on any atom is 0.184 e. The molecule has 0 fully saturated rings. The van der Waals surface area contributed by atoms with Crippen LogP contribution in [0.4, 0.5) is 0 Å². The number of hydrogen-bond donors (Lipinski definition) is 0. The summed E-state index contributed by atoms with van der Waals surface area (Å²) in [7, 11) is 0. The van der Waals surface area contributed by atoms with E-state index in [2.05, 4.69) is 29.4 Å². The lowest BCUT2D eigenvalue weighted by Crippen LogP contribution is -2.25. The number of rotatable bonds is 3. The molecule has 98 valence electrons. The summed E-state index contributed by atoms with van der Waals surface area (Å²) in [5.74, 6) is 0.353. The normalized spacial score (nSPS) is 18.1. The number of hydrogen-bond acceptors (Lipinski definition) is 2. The van der Waals surface area contributed by atoms with Crippen LogP contribution in [-0.4, -0.2) is 15.6 Å². The number of aryl methyl sites for hydroxylation is 2. The average Bonchev–Trinajstić information content (AvgIpc) is 2.94. The van der Waals surface area contributed by atoms with E-state index in [1.54, 1.807) is 10.9 Å². The summed E-state index contributed by atoms with van der Waals surface area (Å²) in [5, 5.41) is 4.19. The summed E-state index contributed by atoms with van der Waals surface area (Å²) in [6, 6.07) is 10.3. The third-order valence-corrected chi connectivity index (χ3v) is 3.99. The minimum atomic E-state index is 0.108. The van der Waals surface area contributed by atoms with Crippen LogP contribution in [0.5, 0.6) is 0 Å². The molecule has 1 unspecified atom stereocenters. The van der Waals surface area contributed by atoms with Gasteiger partial charge in [-0.3, -0.25) is 9.48 Å². The molecule has 1 aliphatic carbocycles. The highest BCUT2D eigenvalue weighted by atomic mass is 16.1. The van der Waals surface area contributed by atoms with Crippen molar-refractivity contribution in [1.82, 2.24) is 9.78 Å². The van der Waals surface area contributed by atoms with Crippen molar-refractivity contribution in [1.29, 1.82) is 0 Å². The van der Waals surface area contributed by atoms with Crippen molar-refractivity contribution in [2.24, 2.45) is 5.92 Å². The standard InChI is InChI=1S/C16H18N2O/c1-2-18-15(9-10-17-18)16(19)14-8-7-12-5-3-4-6-13(12)11-14/h3-6,9-10,14H,2,7-8,11H2,1H3. The Hall–Kier alpha value is -1.90. The molecule has 1 heterocycles. The van der Waals surface area contributed by atoms with Gasteiger partial charge in [0.2, 0.25) is 0 Å². The number of nitrogens with zero attached hydrogens (tertiary/aromatic N) is 2. The molecule has 0 bridgehead atoms. The van der Waals surface area contributed by atoms with Gasteiger partial charge in [-0.15, -0.1) is 0 Å². The first-order chi connectivity index (χ1) is 9.29. The molecule has 0 spiro atoms. The van der Waals surface area contributed by atoms with Crippen molar-refractivity contribution in [3.63, 3.8) is 0 Å². The highest BCUT2D eigenvalue weighted by Gasteiger charge is 2.27. The maximum absolute atomic E-state index is 12.6. The molecule has 0 radical (unpaired) electrons. The van der Waals surface area contributed by atoms with Gasteiger partial charge >= 0.3 is 0 Å². The molecule has 1 aromatic carbocycles. The predicted octanol–water partition coefficient (Wildman–Crippen LogP) is 2.89. The van der Waals surface area contributed by atoms with Crippen LogP contribution in [0.2, 0.25) is 0 Å². The first kappa shape index (κ1) is 12.2. The van der Waals surface area contributed by atoms with Crippen LogP contribution in [0, 0.1) is 5.92 Å². The number of Topliss-reactive ketones (excluding diaryl/α,β-unsaturated/α-hetero) is 1. The molecule has 0 aliphatic heterocycles. The summed E-state index contributed by atoms with van der Waals surface area (Å²) in [5.41, 5.74) is 3.48. The van der Waals surface area contributed by atoms with E-state index in [1.807, 2.05) is 13.0 Å². The third kappa shape index (κ3) is 2.21. The van der Waals surface area contributed by atoms with Crippen LogP contribution in [0.3, 0.4) is 0 Å². The number of aromatic nitrogens is 2. The molecule has 1 aromatic heterocycles. The highest BCUT2D eigenvalue weighted by molar-refractivity contribution is 5.96. The van der Waals surface area contributed by atoms with Gasteiger partial charge < -0.3 is 0 Å². The molecule has 0 amide bonds. The zero-order chi connectivity index (χ0) is 13.2. The second kappa shape index (κ2) is 5.00. The lowest BCUT2D eigenvalue weighted by molar-refractivity contribution is 0.0897. The molecule has 2 aromatic rings. The largest absolute Gasteiger partial charge is 0.292 e. The summed E-state index contributed by atoms with van der Waals surface area (Å²) in [6.07, 6.45) is 4.54. The lowest BCUT2D eigenvalue weighted by Gasteiger charge is -2.23. The summed E-state index contributed by atoms with van der Waals surface area (Å²) < 4.78 is 1.79. The fraction of sp³-hybridized carbons (Fsp3) is 0.375. The summed E-state index contributed by atoms with van der Waals surface area (Å²) in [6.45, 7) is 2.76. The quantitative estimate of drug-likeness (QED) is 0.789. The second-order valence-electron chi connectivity index (χ2n) is 5.10. The number of benzene rings is 1. The van der Waals surface area contributed by atoms with Crippen molar-refractivity contribution in [3.05, 3.63) is 53.3 Å².